The van der Waals surface area contributed by atoms with Crippen molar-refractivity contribution >= 4 is 27.1 Å². The molecule has 0 fully saturated rings. The van der Waals surface area contributed by atoms with Crippen molar-refractivity contribution in [2.75, 3.05) is 18.2 Å². The molecule has 0 bridgehead atoms. The summed E-state index contributed by atoms with van der Waals surface area (Å²) in [6.45, 7) is 1.49. The molecular weight excluding hydrogens is 348 g/mol. The van der Waals surface area contributed by atoms with Crippen LogP contribution in [0.4, 0.5) is 11.4 Å². The van der Waals surface area contributed by atoms with Gasteiger partial charge in [-0.05, 0) is 18.2 Å². The van der Waals surface area contributed by atoms with E-state index in [1.165, 1.54) is 50.4 Å². The number of nitro benzene ring substituents is 1. The Labute approximate surface area is 144 Å². The number of sulfone groups is 1. The van der Waals surface area contributed by atoms with Crippen molar-refractivity contribution in [2.24, 2.45) is 0 Å². The number of carbonyl (C=O) groups is 1. The largest absolute Gasteiger partial charge is 0.494 e. The summed E-state index contributed by atoms with van der Waals surface area (Å²) in [6.07, 6.45) is 0. The van der Waals surface area contributed by atoms with E-state index in [0.29, 0.717) is 0 Å². The molecule has 0 aliphatic heterocycles. The smallest absolute Gasteiger partial charge is 0.273 e. The van der Waals surface area contributed by atoms with Crippen LogP contribution in [0.1, 0.15) is 17.3 Å². The number of methoxy groups -OCH3 is 1. The van der Waals surface area contributed by atoms with Gasteiger partial charge in [-0.2, -0.15) is 0 Å². The van der Waals surface area contributed by atoms with E-state index >= 15 is 0 Å². The van der Waals surface area contributed by atoms with E-state index in [1.807, 2.05) is 0 Å². The van der Waals surface area contributed by atoms with Crippen molar-refractivity contribution in [2.45, 2.75) is 11.8 Å². The maximum atomic E-state index is 12.5. The fraction of sp³-hybridized carbons (Fsp3) is 0.188. The molecule has 0 aliphatic rings. The first kappa shape index (κ1) is 18.4. The topological polar surface area (TPSA) is 116 Å². The van der Waals surface area contributed by atoms with Gasteiger partial charge in [-0.3, -0.25) is 14.9 Å². The number of hydrogen-bond donors (Lipinski definition) is 1. The molecule has 0 spiro atoms. The SMILES string of the molecule is CCS(=O)(=O)c1ccccc1C(=O)Nc1ccc([N+](=O)[O-])cc1OC. The highest BCUT2D eigenvalue weighted by Crippen LogP contribution is 2.30. The highest BCUT2D eigenvalue weighted by Gasteiger charge is 2.22. The third-order valence-electron chi connectivity index (χ3n) is 3.49. The van der Waals surface area contributed by atoms with Crippen molar-refractivity contribution in [1.82, 2.24) is 0 Å². The van der Waals surface area contributed by atoms with Crippen LogP contribution in [0.25, 0.3) is 0 Å². The second-order valence-electron chi connectivity index (χ2n) is 5.00. The standard InChI is InChI=1S/C16H16N2O6S/c1-3-25(22,23)15-7-5-4-6-12(15)16(19)17-13-9-8-11(18(20)21)10-14(13)24-2/h4-10H,3H2,1-2H3,(H,17,19). The Morgan fingerprint density at radius 1 is 1.24 bits per heavy atom. The zero-order chi connectivity index (χ0) is 18.6. The van der Waals surface area contributed by atoms with Crippen LogP contribution in [0.2, 0.25) is 0 Å². The molecule has 0 atom stereocenters. The number of nitro groups is 1. The first-order valence-electron chi connectivity index (χ1n) is 7.25. The molecule has 2 rings (SSSR count). The fourth-order valence-corrected chi connectivity index (χ4v) is 3.26. The number of ether oxygens (including phenoxy) is 1. The summed E-state index contributed by atoms with van der Waals surface area (Å²) in [4.78, 5) is 22.7. The summed E-state index contributed by atoms with van der Waals surface area (Å²) in [5.74, 6) is -0.698. The molecule has 9 heteroatoms. The average molecular weight is 364 g/mol. The second kappa shape index (κ2) is 7.31. The van der Waals surface area contributed by atoms with E-state index in [4.69, 9.17) is 4.74 Å². The number of carbonyl (C=O) groups excluding carboxylic acids is 1. The van der Waals surface area contributed by atoms with Gasteiger partial charge in [0, 0.05) is 6.07 Å². The van der Waals surface area contributed by atoms with Crippen molar-refractivity contribution in [3.63, 3.8) is 0 Å². The lowest BCUT2D eigenvalue weighted by Crippen LogP contribution is -2.17. The van der Waals surface area contributed by atoms with E-state index in [2.05, 4.69) is 5.32 Å². The molecule has 132 valence electrons. The van der Waals surface area contributed by atoms with Gasteiger partial charge in [0.25, 0.3) is 11.6 Å². The Hall–Kier alpha value is -2.94. The molecule has 25 heavy (non-hydrogen) atoms. The fourth-order valence-electron chi connectivity index (χ4n) is 2.17. The van der Waals surface area contributed by atoms with Crippen LogP contribution >= 0.6 is 0 Å². The molecule has 0 saturated carbocycles. The summed E-state index contributed by atoms with van der Waals surface area (Å²) in [7, 11) is -2.27. The van der Waals surface area contributed by atoms with Crippen LogP contribution in [0.3, 0.4) is 0 Å². The molecule has 0 saturated heterocycles. The zero-order valence-corrected chi connectivity index (χ0v) is 14.4. The summed E-state index contributed by atoms with van der Waals surface area (Å²) >= 11 is 0. The Balaban J connectivity index is 2.40. The van der Waals surface area contributed by atoms with Gasteiger partial charge in [-0.15, -0.1) is 0 Å². The number of benzene rings is 2. The number of rotatable bonds is 6. The predicted molar refractivity (Wildman–Crippen MR) is 91.8 cm³/mol. The number of hydrogen-bond acceptors (Lipinski definition) is 6. The normalized spacial score (nSPS) is 11.0. The van der Waals surface area contributed by atoms with Crippen LogP contribution in [0.15, 0.2) is 47.4 Å². The molecule has 0 radical (unpaired) electrons. The van der Waals surface area contributed by atoms with E-state index < -0.39 is 20.7 Å². The Morgan fingerprint density at radius 2 is 1.92 bits per heavy atom. The van der Waals surface area contributed by atoms with Gasteiger partial charge in [-0.25, -0.2) is 8.42 Å². The van der Waals surface area contributed by atoms with Crippen LogP contribution in [-0.2, 0) is 9.84 Å². The number of amides is 1. The minimum atomic E-state index is -3.58. The molecule has 0 unspecified atom stereocenters. The summed E-state index contributed by atoms with van der Waals surface area (Å²) in [5.41, 5.74) is -0.00429. The molecule has 0 aromatic heterocycles. The number of anilines is 1. The lowest BCUT2D eigenvalue weighted by atomic mass is 10.2. The molecule has 2 aromatic rings. The van der Waals surface area contributed by atoms with Crippen molar-refractivity contribution in [3.8, 4) is 5.75 Å². The van der Waals surface area contributed by atoms with Crippen molar-refractivity contribution in [1.29, 1.82) is 0 Å². The third-order valence-corrected chi connectivity index (χ3v) is 5.28. The summed E-state index contributed by atoms with van der Waals surface area (Å²) in [6, 6.07) is 9.56. The highest BCUT2D eigenvalue weighted by atomic mass is 32.2. The van der Waals surface area contributed by atoms with Gasteiger partial charge in [0.15, 0.2) is 9.84 Å². The van der Waals surface area contributed by atoms with E-state index in [1.54, 1.807) is 6.07 Å². The van der Waals surface area contributed by atoms with Crippen LogP contribution in [0, 0.1) is 10.1 Å². The summed E-state index contributed by atoms with van der Waals surface area (Å²) < 4.78 is 29.3. The van der Waals surface area contributed by atoms with Gasteiger partial charge in [0.05, 0.1) is 40.0 Å². The van der Waals surface area contributed by atoms with Gasteiger partial charge in [0.1, 0.15) is 5.75 Å². The number of nitrogens with one attached hydrogen (secondary N) is 1. The average Bonchev–Trinajstić information content (AvgIpc) is 2.61. The molecule has 1 amide bonds. The maximum absolute atomic E-state index is 12.5. The minimum Gasteiger partial charge on any atom is -0.494 e. The minimum absolute atomic E-state index is 0.00949. The molecule has 1 N–H and O–H groups in total. The van der Waals surface area contributed by atoms with Crippen LogP contribution in [0.5, 0.6) is 5.75 Å². The van der Waals surface area contributed by atoms with E-state index in [9.17, 15) is 23.3 Å². The monoisotopic (exact) mass is 364 g/mol. The first-order chi connectivity index (χ1) is 11.8. The predicted octanol–water partition coefficient (Wildman–Crippen LogP) is 2.65. The Kier molecular flexibility index (Phi) is 5.38. The maximum Gasteiger partial charge on any atom is 0.273 e. The zero-order valence-electron chi connectivity index (χ0n) is 13.6. The van der Waals surface area contributed by atoms with E-state index in [-0.39, 0.29) is 33.3 Å². The van der Waals surface area contributed by atoms with Crippen molar-refractivity contribution < 1.29 is 22.9 Å². The van der Waals surface area contributed by atoms with Crippen LogP contribution in [-0.4, -0.2) is 32.1 Å². The molecule has 0 aliphatic carbocycles. The quantitative estimate of drug-likeness (QED) is 0.622. The highest BCUT2D eigenvalue weighted by molar-refractivity contribution is 7.91. The van der Waals surface area contributed by atoms with Gasteiger partial charge in [-0.1, -0.05) is 19.1 Å². The number of nitrogens with zero attached hydrogens (tertiary/aromatic N) is 1. The number of non-ortho nitro benzene ring substituents is 1. The van der Waals surface area contributed by atoms with Crippen molar-refractivity contribution in [3.05, 3.63) is 58.1 Å². The Bertz CT molecular complexity index is 924. The lowest BCUT2D eigenvalue weighted by molar-refractivity contribution is -0.384. The lowest BCUT2D eigenvalue weighted by Gasteiger charge is -2.12. The summed E-state index contributed by atoms with van der Waals surface area (Å²) in [5, 5.41) is 13.3. The van der Waals surface area contributed by atoms with Gasteiger partial charge in [0.2, 0.25) is 0 Å². The Morgan fingerprint density at radius 3 is 2.52 bits per heavy atom. The second-order valence-corrected chi connectivity index (χ2v) is 7.24. The van der Waals surface area contributed by atoms with Gasteiger partial charge >= 0.3 is 0 Å². The molecule has 0 heterocycles. The van der Waals surface area contributed by atoms with Crippen LogP contribution < -0.4 is 10.1 Å². The first-order valence-corrected chi connectivity index (χ1v) is 8.91. The van der Waals surface area contributed by atoms with E-state index in [0.717, 1.165) is 0 Å². The molecule has 8 nitrogen and oxygen atoms in total. The van der Waals surface area contributed by atoms with Gasteiger partial charge < -0.3 is 10.1 Å². The third kappa shape index (κ3) is 3.94. The molecule has 2 aromatic carbocycles. The molecular formula is C16H16N2O6S.